The molecule has 0 atom stereocenters. The van der Waals surface area contributed by atoms with Gasteiger partial charge in [0.25, 0.3) is 0 Å². The Hall–Kier alpha value is -6.85. The highest BCUT2D eigenvalue weighted by atomic mass is 19.1. The maximum Gasteiger partial charge on any atom is 0.215 e. The third-order valence-corrected chi connectivity index (χ3v) is 12.1. The van der Waals surface area contributed by atoms with E-state index in [1.165, 1.54) is 12.1 Å². The molecule has 1 aliphatic rings. The molecule has 0 saturated carbocycles. The average molecular weight is 803 g/mol. The van der Waals surface area contributed by atoms with Gasteiger partial charge in [0.15, 0.2) is 0 Å². The van der Waals surface area contributed by atoms with Crippen LogP contribution in [-0.4, -0.2) is 64.3 Å². The number of benzene rings is 4. The third-order valence-electron chi connectivity index (χ3n) is 12.1. The summed E-state index contributed by atoms with van der Waals surface area (Å²) in [4.78, 5) is 25.5. The zero-order valence-corrected chi connectivity index (χ0v) is 33.9. The van der Waals surface area contributed by atoms with Crippen LogP contribution in [0.5, 0.6) is 11.8 Å². The first-order chi connectivity index (χ1) is 29.3. The van der Waals surface area contributed by atoms with Crippen molar-refractivity contribution in [3.8, 4) is 23.1 Å². The van der Waals surface area contributed by atoms with E-state index in [1.54, 1.807) is 40.2 Å². The van der Waals surface area contributed by atoms with Crippen LogP contribution >= 0.6 is 0 Å². The molecule has 0 radical (unpaired) electrons. The third kappa shape index (κ3) is 6.28. The Morgan fingerprint density at radius 1 is 0.683 bits per heavy atom. The van der Waals surface area contributed by atoms with Crippen LogP contribution in [0.3, 0.4) is 0 Å². The number of halogens is 2. The van der Waals surface area contributed by atoms with Gasteiger partial charge in [0.1, 0.15) is 17.2 Å². The molecule has 4 aromatic carbocycles. The molecule has 60 heavy (non-hydrogen) atoms. The summed E-state index contributed by atoms with van der Waals surface area (Å²) in [6, 6.07) is 34.2. The van der Waals surface area contributed by atoms with Crippen molar-refractivity contribution < 1.29 is 23.0 Å². The predicted molar refractivity (Wildman–Crippen MR) is 230 cm³/mol. The first-order valence-corrected chi connectivity index (χ1v) is 20.0. The second kappa shape index (κ2) is 15.7. The number of aromatic nitrogens is 4. The van der Waals surface area contributed by atoms with Crippen LogP contribution in [0, 0.1) is 25.5 Å². The van der Waals surface area contributed by atoms with E-state index in [-0.39, 0.29) is 11.6 Å². The molecule has 0 unspecified atom stereocenters. The van der Waals surface area contributed by atoms with Gasteiger partial charge in [-0.15, -0.1) is 0 Å². The minimum atomic E-state index is -1.24. The monoisotopic (exact) mass is 802 g/mol. The Morgan fingerprint density at radius 3 is 1.58 bits per heavy atom. The number of fused-ring (bicyclic) bond motifs is 2. The van der Waals surface area contributed by atoms with E-state index >= 15 is 8.78 Å². The number of amides is 1. The lowest BCUT2D eigenvalue weighted by molar-refractivity contribution is -0.124. The summed E-state index contributed by atoms with van der Waals surface area (Å²) in [5.41, 5.74) is 8.08. The van der Waals surface area contributed by atoms with E-state index < -0.39 is 5.54 Å². The molecule has 1 aliphatic heterocycles. The molecule has 9 nitrogen and oxygen atoms in total. The molecular weight excluding hydrogens is 759 g/mol. The summed E-state index contributed by atoms with van der Waals surface area (Å²) in [7, 11) is 3.17. The molecule has 0 aliphatic carbocycles. The standard InChI is InChI=1S/C49H44F2N6O3/c1-31-33(13-11-19-39(31)50)23-43-47(37-27-53-45(59-3)25-41(37)56(43)35-15-7-5-8-16-35)49(29-52-21-22-55(49)30-58)48-38-28-54-46(60-4)26-42(38)57(36-17-9-6-10-18-36)44(48)24-34-14-12-20-40(51)32(34)2/h5-20,25-28,30,52H,21-24,29H2,1-4H3. The number of hydrogen-bond donors (Lipinski definition) is 1. The highest BCUT2D eigenvalue weighted by molar-refractivity contribution is 5.94. The van der Waals surface area contributed by atoms with E-state index in [0.717, 1.165) is 73.2 Å². The largest absolute Gasteiger partial charge is 0.481 e. The van der Waals surface area contributed by atoms with Gasteiger partial charge < -0.3 is 28.8 Å². The molecule has 1 fully saturated rings. The number of methoxy groups -OCH3 is 2. The maximum atomic E-state index is 15.5. The number of ether oxygens (including phenoxy) is 2. The Morgan fingerprint density at radius 2 is 1.15 bits per heavy atom. The van der Waals surface area contributed by atoms with Crippen molar-refractivity contribution in [3.63, 3.8) is 0 Å². The van der Waals surface area contributed by atoms with Crippen LogP contribution in [0.2, 0.25) is 0 Å². The molecule has 5 heterocycles. The fourth-order valence-corrected chi connectivity index (χ4v) is 9.20. The quantitative estimate of drug-likeness (QED) is 0.132. The van der Waals surface area contributed by atoms with Gasteiger partial charge in [-0.2, -0.15) is 0 Å². The van der Waals surface area contributed by atoms with Crippen molar-refractivity contribution >= 4 is 28.2 Å². The average Bonchev–Trinajstić information content (AvgIpc) is 3.78. The summed E-state index contributed by atoms with van der Waals surface area (Å²) in [6.07, 6.45) is 5.18. The number of piperazine rings is 1. The minimum Gasteiger partial charge on any atom is -0.481 e. The number of carbonyl (C=O) groups is 1. The molecule has 9 rings (SSSR count). The summed E-state index contributed by atoms with van der Waals surface area (Å²) in [6.45, 7) is 4.81. The molecule has 1 N–H and O–H groups in total. The van der Waals surface area contributed by atoms with Gasteiger partial charge in [0.2, 0.25) is 18.2 Å². The van der Waals surface area contributed by atoms with E-state index in [1.807, 2.05) is 102 Å². The van der Waals surface area contributed by atoms with E-state index in [0.29, 0.717) is 55.4 Å². The van der Waals surface area contributed by atoms with Crippen molar-refractivity contribution in [1.82, 2.24) is 29.3 Å². The summed E-state index contributed by atoms with van der Waals surface area (Å²) in [5.74, 6) is 0.225. The second-order valence-corrected chi connectivity index (χ2v) is 15.2. The lowest BCUT2D eigenvalue weighted by Gasteiger charge is -2.47. The van der Waals surface area contributed by atoms with Crippen LogP contribution in [0.25, 0.3) is 33.2 Å². The number of nitrogens with one attached hydrogen (secondary N) is 1. The van der Waals surface area contributed by atoms with Crippen LogP contribution in [0.1, 0.15) is 44.8 Å². The van der Waals surface area contributed by atoms with Crippen molar-refractivity contribution in [2.24, 2.45) is 0 Å². The zero-order chi connectivity index (χ0) is 41.5. The van der Waals surface area contributed by atoms with Gasteiger partial charge in [-0.05, 0) is 72.5 Å². The first-order valence-electron chi connectivity index (χ1n) is 20.0. The normalized spacial score (nSPS) is 13.9. The number of carbonyl (C=O) groups excluding carboxylic acids is 1. The van der Waals surface area contributed by atoms with Crippen LogP contribution < -0.4 is 14.8 Å². The fraction of sp³-hybridized carbons (Fsp3) is 0.204. The predicted octanol–water partition coefficient (Wildman–Crippen LogP) is 8.76. The number of nitrogens with zero attached hydrogens (tertiary/aromatic N) is 5. The topological polar surface area (TPSA) is 86.4 Å². The molecule has 0 bridgehead atoms. The first kappa shape index (κ1) is 38.7. The van der Waals surface area contributed by atoms with E-state index in [4.69, 9.17) is 19.4 Å². The number of rotatable bonds is 11. The molecule has 0 spiro atoms. The van der Waals surface area contributed by atoms with Crippen LogP contribution in [0.15, 0.2) is 122 Å². The van der Waals surface area contributed by atoms with Crippen LogP contribution in [0.4, 0.5) is 8.78 Å². The number of pyridine rings is 2. The Bertz CT molecular complexity index is 2710. The number of hydrogen-bond acceptors (Lipinski definition) is 6. The van der Waals surface area contributed by atoms with Gasteiger partial charge >= 0.3 is 0 Å². The summed E-state index contributed by atoms with van der Waals surface area (Å²) in [5, 5.41) is 5.28. The molecule has 1 amide bonds. The molecule has 11 heteroatoms. The van der Waals surface area contributed by atoms with Crippen LogP contribution in [-0.2, 0) is 23.2 Å². The maximum absolute atomic E-state index is 15.5. The van der Waals surface area contributed by atoms with Gasteiger partial charge in [-0.25, -0.2) is 18.7 Å². The molecule has 8 aromatic rings. The van der Waals surface area contributed by atoms with Crippen molar-refractivity contribution in [2.75, 3.05) is 33.9 Å². The van der Waals surface area contributed by atoms with Crippen molar-refractivity contribution in [3.05, 3.63) is 178 Å². The fourth-order valence-electron chi connectivity index (χ4n) is 9.20. The Labute approximate surface area is 346 Å². The van der Waals surface area contributed by atoms with E-state index in [2.05, 4.69) is 14.5 Å². The molecule has 4 aromatic heterocycles. The molecular formula is C49H44F2N6O3. The molecule has 1 saturated heterocycles. The summed E-state index contributed by atoms with van der Waals surface area (Å²) < 4.78 is 46.9. The highest BCUT2D eigenvalue weighted by Gasteiger charge is 2.49. The van der Waals surface area contributed by atoms with Crippen molar-refractivity contribution in [1.29, 1.82) is 0 Å². The smallest absolute Gasteiger partial charge is 0.215 e. The summed E-state index contributed by atoms with van der Waals surface area (Å²) >= 11 is 0. The zero-order valence-electron chi connectivity index (χ0n) is 33.9. The Balaban J connectivity index is 1.50. The lowest BCUT2D eigenvalue weighted by Crippen LogP contribution is -2.59. The SMILES string of the molecule is COc1cc2c(cn1)c(C1(c3c(Cc4cccc(F)c4C)n(-c4ccccc4)c4cc(OC)ncc34)CNCCN1C=O)c(Cc1cccc(F)c1C)n2-c1ccccc1. The highest BCUT2D eigenvalue weighted by Crippen LogP contribution is 2.50. The Kier molecular flexibility index (Phi) is 10.1. The number of para-hydroxylation sites is 2. The lowest BCUT2D eigenvalue weighted by atomic mass is 9.75. The van der Waals surface area contributed by atoms with Crippen molar-refractivity contribution in [2.45, 2.75) is 32.2 Å². The van der Waals surface area contributed by atoms with E-state index in [9.17, 15) is 4.79 Å². The van der Waals surface area contributed by atoms with Gasteiger partial charge in [-0.3, -0.25) is 4.79 Å². The minimum absolute atomic E-state index is 0.301. The van der Waals surface area contributed by atoms with Gasteiger partial charge in [0, 0.05) is 102 Å². The second-order valence-electron chi connectivity index (χ2n) is 15.2. The molecule has 302 valence electrons. The van der Waals surface area contributed by atoms with Gasteiger partial charge in [0.05, 0.1) is 25.3 Å². The van der Waals surface area contributed by atoms with Gasteiger partial charge in [-0.1, -0.05) is 60.7 Å².